The van der Waals surface area contributed by atoms with Gasteiger partial charge < -0.3 is 0 Å². The van der Waals surface area contributed by atoms with Gasteiger partial charge in [0.25, 0.3) is 0 Å². The minimum absolute atomic E-state index is 0.158. The normalized spacial score (nSPS) is 26.8. The first-order chi connectivity index (χ1) is 11.6. The molecule has 0 N–H and O–H groups in total. The van der Waals surface area contributed by atoms with Crippen LogP contribution in [0.15, 0.2) is 36.4 Å². The lowest BCUT2D eigenvalue weighted by molar-refractivity contribution is -0.0389. The molecular weight excluding hydrogens is 300 g/mol. The first-order valence-electron chi connectivity index (χ1n) is 9.82. The van der Waals surface area contributed by atoms with Gasteiger partial charge in [-0.25, -0.2) is 0 Å². The summed E-state index contributed by atoms with van der Waals surface area (Å²) in [5.41, 5.74) is 9.96. The summed E-state index contributed by atoms with van der Waals surface area (Å²) in [6.07, 6.45) is 2.31. The Bertz CT molecular complexity index is 847. The molecule has 0 aliphatic heterocycles. The molecule has 0 bridgehead atoms. The van der Waals surface area contributed by atoms with Crippen molar-refractivity contribution in [2.75, 3.05) is 0 Å². The molecule has 0 fully saturated rings. The lowest BCUT2D eigenvalue weighted by atomic mass is 9.44. The van der Waals surface area contributed by atoms with Crippen molar-refractivity contribution in [2.45, 2.75) is 66.7 Å². The average molecular weight is 333 g/mol. The summed E-state index contributed by atoms with van der Waals surface area (Å²) in [5.74, 6) is 0.678. The second kappa shape index (κ2) is 5.00. The fraction of sp³-hybridized carbons (Fsp3) is 0.520. The summed E-state index contributed by atoms with van der Waals surface area (Å²) >= 11 is 0. The summed E-state index contributed by atoms with van der Waals surface area (Å²) in [5, 5.41) is 0. The Morgan fingerprint density at radius 1 is 0.880 bits per heavy atom. The summed E-state index contributed by atoms with van der Waals surface area (Å²) in [4.78, 5) is 0. The number of fused-ring (bicyclic) bond motifs is 5. The van der Waals surface area contributed by atoms with Crippen molar-refractivity contribution < 1.29 is 0 Å². The van der Waals surface area contributed by atoms with Crippen molar-refractivity contribution in [3.8, 4) is 11.1 Å². The van der Waals surface area contributed by atoms with Crippen molar-refractivity contribution in [3.05, 3.63) is 58.7 Å². The van der Waals surface area contributed by atoms with Gasteiger partial charge in [-0.05, 0) is 68.4 Å². The van der Waals surface area contributed by atoms with Crippen molar-refractivity contribution in [2.24, 2.45) is 16.7 Å². The molecule has 2 atom stereocenters. The van der Waals surface area contributed by atoms with E-state index < -0.39 is 0 Å². The molecule has 25 heavy (non-hydrogen) atoms. The van der Waals surface area contributed by atoms with Crippen LogP contribution >= 0.6 is 0 Å². The maximum atomic E-state index is 2.54. The van der Waals surface area contributed by atoms with Gasteiger partial charge in [0.2, 0.25) is 0 Å². The van der Waals surface area contributed by atoms with Crippen LogP contribution in [-0.4, -0.2) is 0 Å². The third kappa shape index (κ3) is 2.00. The molecule has 0 spiro atoms. The van der Waals surface area contributed by atoms with E-state index in [0.717, 1.165) is 6.42 Å². The molecule has 0 aromatic heterocycles. The molecule has 0 saturated heterocycles. The van der Waals surface area contributed by atoms with Crippen molar-refractivity contribution in [3.63, 3.8) is 0 Å². The molecule has 0 radical (unpaired) electrons. The lowest BCUT2D eigenvalue weighted by Gasteiger charge is -2.60. The zero-order valence-electron chi connectivity index (χ0n) is 17.0. The number of hydrogen-bond donors (Lipinski definition) is 0. The van der Waals surface area contributed by atoms with Gasteiger partial charge in [-0.2, -0.15) is 0 Å². The predicted octanol–water partition coefficient (Wildman–Crippen LogP) is 6.78. The highest BCUT2D eigenvalue weighted by Gasteiger charge is 2.56. The Morgan fingerprint density at radius 2 is 1.56 bits per heavy atom. The van der Waals surface area contributed by atoms with E-state index in [1.54, 1.807) is 16.7 Å². The van der Waals surface area contributed by atoms with Gasteiger partial charge >= 0.3 is 0 Å². The second-order valence-corrected chi connectivity index (χ2v) is 10.1. The number of rotatable bonds is 0. The molecular formula is C25H32. The Hall–Kier alpha value is -1.56. The van der Waals surface area contributed by atoms with Crippen molar-refractivity contribution >= 4 is 0 Å². The second-order valence-electron chi connectivity index (χ2n) is 10.1. The SMILES string of the molecule is CC1Cc2ccc3c(c2C(C)(C)C1(C)C(C)(C)C)Cc1ccccc1-3. The van der Waals surface area contributed by atoms with E-state index in [1.165, 1.54) is 23.1 Å². The van der Waals surface area contributed by atoms with Gasteiger partial charge in [-0.15, -0.1) is 0 Å². The van der Waals surface area contributed by atoms with Crippen LogP contribution in [0.4, 0.5) is 0 Å². The molecule has 2 aromatic rings. The molecule has 0 saturated carbocycles. The van der Waals surface area contributed by atoms with Crippen LogP contribution in [0.1, 0.15) is 70.7 Å². The van der Waals surface area contributed by atoms with Gasteiger partial charge in [0, 0.05) is 0 Å². The fourth-order valence-corrected chi connectivity index (χ4v) is 6.30. The van der Waals surface area contributed by atoms with E-state index >= 15 is 0 Å². The third-order valence-electron chi connectivity index (χ3n) is 8.07. The summed E-state index contributed by atoms with van der Waals surface area (Å²) in [6.45, 7) is 17.3. The van der Waals surface area contributed by atoms with Gasteiger partial charge in [-0.3, -0.25) is 0 Å². The first-order valence-corrected chi connectivity index (χ1v) is 9.82. The molecule has 0 nitrogen and oxygen atoms in total. The summed E-state index contributed by atoms with van der Waals surface area (Å²) in [6, 6.07) is 13.8. The average Bonchev–Trinajstić information content (AvgIpc) is 2.89. The van der Waals surface area contributed by atoms with Crippen LogP contribution in [0.25, 0.3) is 11.1 Å². The Morgan fingerprint density at radius 3 is 2.24 bits per heavy atom. The molecule has 0 heteroatoms. The van der Waals surface area contributed by atoms with Crippen LogP contribution in [0.2, 0.25) is 0 Å². The highest BCUT2D eigenvalue weighted by molar-refractivity contribution is 5.79. The van der Waals surface area contributed by atoms with E-state index in [2.05, 4.69) is 84.9 Å². The number of benzene rings is 2. The highest BCUT2D eigenvalue weighted by Crippen LogP contribution is 2.62. The zero-order valence-corrected chi connectivity index (χ0v) is 17.0. The van der Waals surface area contributed by atoms with Gasteiger partial charge in [0.15, 0.2) is 0 Å². The minimum Gasteiger partial charge on any atom is -0.0619 e. The number of hydrogen-bond acceptors (Lipinski definition) is 0. The molecule has 4 rings (SSSR count). The Kier molecular flexibility index (Phi) is 3.37. The zero-order chi connectivity index (χ0) is 18.2. The maximum Gasteiger partial charge on any atom is -0.00104 e. The molecule has 2 aliphatic carbocycles. The summed E-state index contributed by atoms with van der Waals surface area (Å²) in [7, 11) is 0. The van der Waals surface area contributed by atoms with Crippen LogP contribution in [0, 0.1) is 16.7 Å². The fourth-order valence-electron chi connectivity index (χ4n) is 6.30. The quantitative estimate of drug-likeness (QED) is 0.425. The van der Waals surface area contributed by atoms with E-state index in [0.29, 0.717) is 5.92 Å². The molecule has 2 aromatic carbocycles. The smallest absolute Gasteiger partial charge is 0.00104 e. The van der Waals surface area contributed by atoms with Gasteiger partial charge in [0.1, 0.15) is 0 Å². The molecule has 2 aliphatic rings. The lowest BCUT2D eigenvalue weighted by Crippen LogP contribution is -2.55. The highest BCUT2D eigenvalue weighted by atomic mass is 14.6. The predicted molar refractivity (Wildman–Crippen MR) is 108 cm³/mol. The van der Waals surface area contributed by atoms with E-state index in [4.69, 9.17) is 0 Å². The van der Waals surface area contributed by atoms with Crippen molar-refractivity contribution in [1.29, 1.82) is 0 Å². The van der Waals surface area contributed by atoms with E-state index in [-0.39, 0.29) is 16.2 Å². The molecule has 132 valence electrons. The largest absolute Gasteiger partial charge is 0.0619 e. The van der Waals surface area contributed by atoms with Crippen LogP contribution < -0.4 is 0 Å². The minimum atomic E-state index is 0.158. The molecule has 0 amide bonds. The van der Waals surface area contributed by atoms with Crippen molar-refractivity contribution in [1.82, 2.24) is 0 Å². The van der Waals surface area contributed by atoms with E-state index in [9.17, 15) is 0 Å². The Balaban J connectivity index is 1.99. The third-order valence-corrected chi connectivity index (χ3v) is 8.07. The van der Waals surface area contributed by atoms with E-state index in [1.807, 2.05) is 0 Å². The first kappa shape index (κ1) is 16.9. The summed E-state index contributed by atoms with van der Waals surface area (Å²) < 4.78 is 0. The van der Waals surface area contributed by atoms with Crippen LogP contribution in [0.5, 0.6) is 0 Å². The molecule has 0 heterocycles. The topological polar surface area (TPSA) is 0 Å². The van der Waals surface area contributed by atoms with Gasteiger partial charge in [-0.1, -0.05) is 84.9 Å². The maximum absolute atomic E-state index is 2.54. The van der Waals surface area contributed by atoms with Crippen LogP contribution in [0.3, 0.4) is 0 Å². The van der Waals surface area contributed by atoms with Gasteiger partial charge in [0.05, 0.1) is 0 Å². The standard InChI is InChI=1S/C25H32/c1-16-14-18-12-13-20-19-11-9-8-10-17(19)15-21(20)22(18)24(5,6)25(16,7)23(2,3)4/h8-13,16H,14-15H2,1-7H3. The Labute approximate surface area is 153 Å². The monoisotopic (exact) mass is 332 g/mol. The van der Waals surface area contributed by atoms with Crippen LogP contribution in [-0.2, 0) is 18.3 Å². The molecule has 2 unspecified atom stereocenters.